The molecular weight excluding hydrogens is 288 g/mol. The molecule has 0 spiro atoms. The summed E-state index contributed by atoms with van der Waals surface area (Å²) in [5.41, 5.74) is 1.63. The molecule has 0 aliphatic rings. The Bertz CT molecular complexity index is 570. The average Bonchev–Trinajstić information content (AvgIpc) is 2.48. The standard InChI is InChI=1S/C16H18O4S/c1-4-20-16(19)13(17)9-10-14(21-3)15(18)12-7-5-11(2)6-8-12/h5-10,17H,4H2,1-3H3/b13-9-,14-10-. The number of allylic oxidation sites excluding steroid dienone is 3. The molecule has 0 fully saturated rings. The van der Waals surface area contributed by atoms with Crippen molar-refractivity contribution in [2.45, 2.75) is 13.8 Å². The van der Waals surface area contributed by atoms with E-state index in [4.69, 9.17) is 0 Å². The van der Waals surface area contributed by atoms with Gasteiger partial charge in [-0.25, -0.2) is 4.79 Å². The highest BCUT2D eigenvalue weighted by atomic mass is 32.2. The second-order valence-corrected chi connectivity index (χ2v) is 5.05. The van der Waals surface area contributed by atoms with E-state index >= 15 is 0 Å². The van der Waals surface area contributed by atoms with Crippen molar-refractivity contribution in [2.75, 3.05) is 12.9 Å². The van der Waals surface area contributed by atoms with Gasteiger partial charge in [-0.1, -0.05) is 29.8 Å². The minimum Gasteiger partial charge on any atom is -0.502 e. The third kappa shape index (κ3) is 5.11. The molecule has 5 heteroatoms. The van der Waals surface area contributed by atoms with Crippen LogP contribution in [-0.4, -0.2) is 29.7 Å². The SMILES string of the molecule is CCOC(=O)/C(O)=C/C=C(\SC)C(=O)c1ccc(C)cc1. The molecule has 4 nitrogen and oxygen atoms in total. The third-order valence-corrected chi connectivity index (χ3v) is 3.40. The zero-order valence-electron chi connectivity index (χ0n) is 12.3. The molecule has 0 heterocycles. The summed E-state index contributed by atoms with van der Waals surface area (Å²) in [5.74, 6) is -1.49. The number of hydrogen-bond acceptors (Lipinski definition) is 5. The predicted molar refractivity (Wildman–Crippen MR) is 84.5 cm³/mol. The summed E-state index contributed by atoms with van der Waals surface area (Å²) in [4.78, 5) is 24.0. The van der Waals surface area contributed by atoms with E-state index in [1.54, 1.807) is 25.3 Å². The van der Waals surface area contributed by atoms with Gasteiger partial charge in [0.1, 0.15) is 0 Å². The van der Waals surface area contributed by atoms with Crippen molar-refractivity contribution in [3.8, 4) is 0 Å². The number of ether oxygens (including phenoxy) is 1. The largest absolute Gasteiger partial charge is 0.502 e. The second-order valence-electron chi connectivity index (χ2n) is 4.20. The zero-order valence-corrected chi connectivity index (χ0v) is 13.1. The molecule has 0 bridgehead atoms. The Morgan fingerprint density at radius 2 is 1.86 bits per heavy atom. The van der Waals surface area contributed by atoms with Crippen LogP contribution in [0.25, 0.3) is 0 Å². The molecule has 0 saturated carbocycles. The summed E-state index contributed by atoms with van der Waals surface area (Å²) < 4.78 is 4.65. The van der Waals surface area contributed by atoms with E-state index in [0.29, 0.717) is 10.5 Å². The highest BCUT2D eigenvalue weighted by Crippen LogP contribution is 2.19. The minimum atomic E-state index is -0.808. The zero-order chi connectivity index (χ0) is 15.8. The van der Waals surface area contributed by atoms with E-state index < -0.39 is 11.7 Å². The predicted octanol–water partition coefficient (Wildman–Crippen LogP) is 3.43. The molecular formula is C16H18O4S. The number of esters is 1. The first-order valence-corrected chi connectivity index (χ1v) is 7.65. The summed E-state index contributed by atoms with van der Waals surface area (Å²) in [5, 5.41) is 9.50. The molecule has 0 aromatic heterocycles. The van der Waals surface area contributed by atoms with Gasteiger partial charge >= 0.3 is 5.97 Å². The van der Waals surface area contributed by atoms with Crippen LogP contribution in [0.5, 0.6) is 0 Å². The van der Waals surface area contributed by atoms with Crippen LogP contribution in [0.3, 0.4) is 0 Å². The number of Topliss-reactive ketones (excluding diaryl/α,β-unsaturated/α-hetero) is 1. The molecule has 0 radical (unpaired) electrons. The molecule has 0 aliphatic carbocycles. The maximum absolute atomic E-state index is 12.3. The summed E-state index contributed by atoms with van der Waals surface area (Å²) in [7, 11) is 0. The smallest absolute Gasteiger partial charge is 0.373 e. The van der Waals surface area contributed by atoms with Gasteiger partial charge in [-0.15, -0.1) is 11.8 Å². The number of aryl methyl sites for hydroxylation is 1. The van der Waals surface area contributed by atoms with Crippen LogP contribution in [0, 0.1) is 6.92 Å². The number of carbonyl (C=O) groups excluding carboxylic acids is 2. The summed E-state index contributed by atoms with van der Waals surface area (Å²) in [6, 6.07) is 7.21. The van der Waals surface area contributed by atoms with E-state index in [-0.39, 0.29) is 12.4 Å². The number of benzene rings is 1. The number of rotatable bonds is 6. The number of carbonyl (C=O) groups is 2. The van der Waals surface area contributed by atoms with Crippen molar-refractivity contribution in [1.82, 2.24) is 0 Å². The van der Waals surface area contributed by atoms with E-state index in [0.717, 1.165) is 5.56 Å². The molecule has 0 atom stereocenters. The Balaban J connectivity index is 2.93. The van der Waals surface area contributed by atoms with Crippen LogP contribution >= 0.6 is 11.8 Å². The van der Waals surface area contributed by atoms with Gasteiger partial charge < -0.3 is 9.84 Å². The summed E-state index contributed by atoms with van der Waals surface area (Å²) in [6.45, 7) is 3.77. The number of ketones is 1. The van der Waals surface area contributed by atoms with Crippen LogP contribution in [-0.2, 0) is 9.53 Å². The number of aliphatic hydroxyl groups is 1. The Kier molecular flexibility index (Phi) is 6.75. The number of thioether (sulfide) groups is 1. The molecule has 112 valence electrons. The Morgan fingerprint density at radius 3 is 2.38 bits per heavy atom. The van der Waals surface area contributed by atoms with Gasteiger partial charge in [0, 0.05) is 5.56 Å². The maximum Gasteiger partial charge on any atom is 0.373 e. The van der Waals surface area contributed by atoms with Gasteiger partial charge in [-0.2, -0.15) is 0 Å². The van der Waals surface area contributed by atoms with Crippen molar-refractivity contribution in [3.05, 3.63) is 58.2 Å². The first-order chi connectivity index (χ1) is 9.99. The molecule has 21 heavy (non-hydrogen) atoms. The molecule has 0 amide bonds. The van der Waals surface area contributed by atoms with Gasteiger partial charge in [0.25, 0.3) is 0 Å². The summed E-state index contributed by atoms with van der Waals surface area (Å²) in [6.07, 6.45) is 4.35. The molecule has 1 rings (SSSR count). The molecule has 1 N–H and O–H groups in total. The van der Waals surface area contributed by atoms with Gasteiger partial charge in [-0.05, 0) is 32.3 Å². The summed E-state index contributed by atoms with van der Waals surface area (Å²) >= 11 is 1.25. The Labute approximate surface area is 128 Å². The number of hydrogen-bond donors (Lipinski definition) is 1. The third-order valence-electron chi connectivity index (χ3n) is 2.63. The van der Waals surface area contributed by atoms with Gasteiger partial charge in [-0.3, -0.25) is 4.79 Å². The fraction of sp³-hybridized carbons (Fsp3) is 0.250. The topological polar surface area (TPSA) is 63.6 Å². The molecule has 0 saturated heterocycles. The highest BCUT2D eigenvalue weighted by molar-refractivity contribution is 8.03. The van der Waals surface area contributed by atoms with Crippen LogP contribution in [0.4, 0.5) is 0 Å². The normalized spacial score (nSPS) is 12.1. The van der Waals surface area contributed by atoms with Crippen LogP contribution < -0.4 is 0 Å². The van der Waals surface area contributed by atoms with Crippen molar-refractivity contribution < 1.29 is 19.4 Å². The average molecular weight is 306 g/mol. The second kappa shape index (κ2) is 8.32. The Morgan fingerprint density at radius 1 is 1.24 bits per heavy atom. The molecule has 0 unspecified atom stereocenters. The van der Waals surface area contributed by atoms with Gasteiger partial charge in [0.05, 0.1) is 11.5 Å². The van der Waals surface area contributed by atoms with Gasteiger partial charge in [0.15, 0.2) is 5.78 Å². The lowest BCUT2D eigenvalue weighted by Crippen LogP contribution is -2.07. The fourth-order valence-electron chi connectivity index (χ4n) is 1.51. The van der Waals surface area contributed by atoms with E-state index in [2.05, 4.69) is 4.74 Å². The van der Waals surface area contributed by atoms with Crippen molar-refractivity contribution >= 4 is 23.5 Å². The highest BCUT2D eigenvalue weighted by Gasteiger charge is 2.12. The number of aliphatic hydroxyl groups excluding tert-OH is 1. The maximum atomic E-state index is 12.3. The molecule has 0 aliphatic heterocycles. The molecule has 1 aromatic carbocycles. The minimum absolute atomic E-state index is 0.157. The van der Waals surface area contributed by atoms with E-state index in [1.807, 2.05) is 19.1 Å². The van der Waals surface area contributed by atoms with Crippen LogP contribution in [0.1, 0.15) is 22.8 Å². The quantitative estimate of drug-likeness (QED) is 0.287. The van der Waals surface area contributed by atoms with Crippen LogP contribution in [0.2, 0.25) is 0 Å². The monoisotopic (exact) mass is 306 g/mol. The first-order valence-electron chi connectivity index (χ1n) is 6.43. The lowest BCUT2D eigenvalue weighted by Gasteiger charge is -2.04. The van der Waals surface area contributed by atoms with E-state index in [9.17, 15) is 14.7 Å². The first kappa shape index (κ1) is 17.0. The molecule has 1 aromatic rings. The van der Waals surface area contributed by atoms with Crippen molar-refractivity contribution in [2.24, 2.45) is 0 Å². The van der Waals surface area contributed by atoms with Crippen molar-refractivity contribution in [3.63, 3.8) is 0 Å². The fourth-order valence-corrected chi connectivity index (χ4v) is 2.02. The Hall–Kier alpha value is -2.01. The lowest BCUT2D eigenvalue weighted by atomic mass is 10.1. The van der Waals surface area contributed by atoms with Crippen LogP contribution in [0.15, 0.2) is 47.1 Å². The lowest BCUT2D eigenvalue weighted by molar-refractivity contribution is -0.141. The van der Waals surface area contributed by atoms with Crippen molar-refractivity contribution in [1.29, 1.82) is 0 Å². The van der Waals surface area contributed by atoms with Gasteiger partial charge in [0.2, 0.25) is 5.76 Å². The van der Waals surface area contributed by atoms with E-state index in [1.165, 1.54) is 23.9 Å².